The van der Waals surface area contributed by atoms with E-state index >= 15 is 0 Å². The molecule has 0 aliphatic carbocycles. The van der Waals surface area contributed by atoms with Crippen molar-refractivity contribution in [1.29, 1.82) is 0 Å². The monoisotopic (exact) mass is 287 g/mol. The molecule has 0 atom stereocenters. The maximum absolute atomic E-state index is 12.0. The van der Waals surface area contributed by atoms with Gasteiger partial charge in [0.15, 0.2) is 0 Å². The number of carbonyl (C=O) groups is 1. The Bertz CT molecular complexity index is 481. The van der Waals surface area contributed by atoms with Gasteiger partial charge in [-0.1, -0.05) is 13.8 Å². The molecule has 1 rings (SSSR count). The first-order valence-electron chi connectivity index (χ1n) is 6.18. The zero-order chi connectivity index (χ0) is 13.8. The van der Waals surface area contributed by atoms with Gasteiger partial charge in [0, 0.05) is 24.3 Å². The number of amides is 1. The lowest BCUT2D eigenvalue weighted by Crippen LogP contribution is -2.49. The Hall–Kier alpha value is -1.33. The highest BCUT2D eigenvalue weighted by molar-refractivity contribution is 5.95. The molecule has 0 saturated heterocycles. The average molecular weight is 288 g/mol. The molecule has 0 unspecified atom stereocenters. The molecule has 1 aromatic heterocycles. The van der Waals surface area contributed by atoms with Crippen molar-refractivity contribution in [3.63, 3.8) is 0 Å². The van der Waals surface area contributed by atoms with Crippen LogP contribution < -0.4 is 16.6 Å². The zero-order valence-corrected chi connectivity index (χ0v) is 12.4. The maximum atomic E-state index is 12.0. The average Bonchev–Trinajstić information content (AvgIpc) is 2.35. The van der Waals surface area contributed by atoms with E-state index in [4.69, 9.17) is 5.73 Å². The number of aromatic amines is 1. The number of hydrogen-bond acceptors (Lipinski definition) is 3. The molecule has 0 saturated carbocycles. The second kappa shape index (κ2) is 7.31. The lowest BCUT2D eigenvalue weighted by Gasteiger charge is -2.26. The van der Waals surface area contributed by atoms with Crippen molar-refractivity contribution in [3.8, 4) is 0 Å². The smallest absolute Gasteiger partial charge is 0.253 e. The Morgan fingerprint density at radius 2 is 2.00 bits per heavy atom. The summed E-state index contributed by atoms with van der Waals surface area (Å²) in [4.78, 5) is 25.5. The van der Waals surface area contributed by atoms with Crippen LogP contribution in [0.5, 0.6) is 0 Å². The Morgan fingerprint density at radius 1 is 1.42 bits per heavy atom. The van der Waals surface area contributed by atoms with Crippen LogP contribution >= 0.6 is 12.4 Å². The number of aromatic nitrogens is 1. The summed E-state index contributed by atoms with van der Waals surface area (Å²) in [6.07, 6.45) is 3.03. The summed E-state index contributed by atoms with van der Waals surface area (Å²) in [6.45, 7) is 6.17. The Labute approximate surface area is 119 Å². The highest BCUT2D eigenvalue weighted by atomic mass is 35.5. The van der Waals surface area contributed by atoms with Crippen molar-refractivity contribution in [2.75, 3.05) is 6.54 Å². The number of pyridine rings is 1. The molecule has 0 aromatic carbocycles. The number of H-pyrrole nitrogens is 1. The third-order valence-electron chi connectivity index (χ3n) is 3.39. The van der Waals surface area contributed by atoms with Gasteiger partial charge in [-0.05, 0) is 25.3 Å². The number of nitrogens with one attached hydrogen (secondary N) is 2. The van der Waals surface area contributed by atoms with E-state index in [-0.39, 0.29) is 29.4 Å². The van der Waals surface area contributed by atoms with Crippen LogP contribution in [0.25, 0.3) is 0 Å². The van der Waals surface area contributed by atoms with Gasteiger partial charge in [-0.15, -0.1) is 12.4 Å². The predicted molar refractivity (Wildman–Crippen MR) is 78.9 cm³/mol. The van der Waals surface area contributed by atoms with Gasteiger partial charge < -0.3 is 16.0 Å². The maximum Gasteiger partial charge on any atom is 0.253 e. The number of aryl methyl sites for hydroxylation is 1. The fourth-order valence-electron chi connectivity index (χ4n) is 1.67. The zero-order valence-electron chi connectivity index (χ0n) is 11.6. The van der Waals surface area contributed by atoms with E-state index in [1.807, 2.05) is 13.8 Å². The second-order valence-electron chi connectivity index (χ2n) is 4.65. The molecule has 5 nitrogen and oxygen atoms in total. The minimum absolute atomic E-state index is 0. The SMILES string of the molecule is CCC(N)(CC)CNC(=O)c1c[nH]c(=O)cc1C.Cl. The number of nitrogens with two attached hydrogens (primary N) is 1. The molecule has 1 aromatic rings. The van der Waals surface area contributed by atoms with Gasteiger partial charge in [-0.2, -0.15) is 0 Å². The molecular weight excluding hydrogens is 266 g/mol. The largest absolute Gasteiger partial charge is 0.350 e. The minimum atomic E-state index is -0.369. The van der Waals surface area contributed by atoms with E-state index in [2.05, 4.69) is 10.3 Å². The van der Waals surface area contributed by atoms with Gasteiger partial charge >= 0.3 is 0 Å². The van der Waals surface area contributed by atoms with Gasteiger partial charge in [-0.25, -0.2) is 0 Å². The van der Waals surface area contributed by atoms with Crippen molar-refractivity contribution in [3.05, 3.63) is 33.7 Å². The molecule has 0 fully saturated rings. The molecule has 19 heavy (non-hydrogen) atoms. The molecule has 0 radical (unpaired) electrons. The second-order valence-corrected chi connectivity index (χ2v) is 4.65. The lowest BCUT2D eigenvalue weighted by molar-refractivity contribution is 0.0941. The highest BCUT2D eigenvalue weighted by Gasteiger charge is 2.21. The normalized spacial score (nSPS) is 10.7. The van der Waals surface area contributed by atoms with Crippen molar-refractivity contribution in [2.45, 2.75) is 39.2 Å². The molecule has 1 amide bonds. The first-order chi connectivity index (χ1) is 8.41. The van der Waals surface area contributed by atoms with Crippen LogP contribution in [0.2, 0.25) is 0 Å². The van der Waals surface area contributed by atoms with E-state index in [1.165, 1.54) is 12.3 Å². The summed E-state index contributed by atoms with van der Waals surface area (Å²) in [7, 11) is 0. The molecule has 0 aliphatic rings. The summed E-state index contributed by atoms with van der Waals surface area (Å²) in [5.74, 6) is -0.208. The van der Waals surface area contributed by atoms with E-state index in [9.17, 15) is 9.59 Å². The predicted octanol–water partition coefficient (Wildman–Crippen LogP) is 1.35. The van der Waals surface area contributed by atoms with E-state index < -0.39 is 0 Å². The van der Waals surface area contributed by atoms with Crippen LogP contribution in [-0.4, -0.2) is 23.0 Å². The first kappa shape index (κ1) is 17.7. The molecule has 0 spiro atoms. The molecule has 0 bridgehead atoms. The van der Waals surface area contributed by atoms with Gasteiger partial charge in [0.2, 0.25) is 5.56 Å². The highest BCUT2D eigenvalue weighted by Crippen LogP contribution is 2.10. The van der Waals surface area contributed by atoms with Crippen LogP contribution in [0, 0.1) is 6.92 Å². The summed E-state index contributed by atoms with van der Waals surface area (Å²) in [6, 6.07) is 1.41. The first-order valence-corrected chi connectivity index (χ1v) is 6.18. The van der Waals surface area contributed by atoms with Crippen molar-refractivity contribution in [1.82, 2.24) is 10.3 Å². The van der Waals surface area contributed by atoms with Crippen molar-refractivity contribution in [2.24, 2.45) is 5.73 Å². The Morgan fingerprint density at radius 3 is 2.47 bits per heavy atom. The van der Waals surface area contributed by atoms with Crippen LogP contribution in [0.1, 0.15) is 42.6 Å². The van der Waals surface area contributed by atoms with E-state index in [0.717, 1.165) is 12.8 Å². The van der Waals surface area contributed by atoms with Crippen LogP contribution in [0.3, 0.4) is 0 Å². The summed E-state index contributed by atoms with van der Waals surface area (Å²) >= 11 is 0. The molecule has 0 aliphatic heterocycles. The number of rotatable bonds is 5. The van der Waals surface area contributed by atoms with E-state index in [0.29, 0.717) is 17.7 Å². The molecule has 4 N–H and O–H groups in total. The molecule has 1 heterocycles. The van der Waals surface area contributed by atoms with Gasteiger partial charge in [0.25, 0.3) is 5.91 Å². The standard InChI is InChI=1S/C13H21N3O2.ClH/c1-4-13(14,5-2)8-16-12(18)10-7-15-11(17)6-9(10)3;/h6-7H,4-5,8,14H2,1-3H3,(H,15,17)(H,16,18);1H. The third-order valence-corrected chi connectivity index (χ3v) is 3.39. The fourth-order valence-corrected chi connectivity index (χ4v) is 1.67. The van der Waals surface area contributed by atoms with Crippen LogP contribution in [0.4, 0.5) is 0 Å². The summed E-state index contributed by atoms with van der Waals surface area (Å²) in [5, 5.41) is 2.82. The number of carbonyl (C=O) groups excluding carboxylic acids is 1. The Balaban J connectivity index is 0.00000324. The topological polar surface area (TPSA) is 88.0 Å². The van der Waals surface area contributed by atoms with Gasteiger partial charge in [-0.3, -0.25) is 9.59 Å². The molecular formula is C13H22ClN3O2. The van der Waals surface area contributed by atoms with E-state index in [1.54, 1.807) is 6.92 Å². The lowest BCUT2D eigenvalue weighted by atomic mass is 9.94. The molecule has 6 heteroatoms. The van der Waals surface area contributed by atoms with Crippen molar-refractivity contribution >= 4 is 18.3 Å². The van der Waals surface area contributed by atoms with Crippen LogP contribution in [0.15, 0.2) is 17.1 Å². The summed E-state index contributed by atoms with van der Waals surface area (Å²) < 4.78 is 0. The third kappa shape index (κ3) is 4.69. The fraction of sp³-hybridized carbons (Fsp3) is 0.538. The van der Waals surface area contributed by atoms with Crippen LogP contribution in [-0.2, 0) is 0 Å². The van der Waals surface area contributed by atoms with Gasteiger partial charge in [0.1, 0.15) is 0 Å². The molecule has 108 valence electrons. The Kier molecular flexibility index (Phi) is 6.79. The quantitative estimate of drug-likeness (QED) is 0.764. The number of halogens is 1. The van der Waals surface area contributed by atoms with Gasteiger partial charge in [0.05, 0.1) is 5.56 Å². The number of hydrogen-bond donors (Lipinski definition) is 3. The summed E-state index contributed by atoms with van der Waals surface area (Å²) in [5.41, 5.74) is 6.67. The minimum Gasteiger partial charge on any atom is -0.350 e. The van der Waals surface area contributed by atoms with Crippen molar-refractivity contribution < 1.29 is 4.79 Å².